The molecule has 4 heterocycles. The standard InChI is InChI=1S/C23H21N7O/c1-11-16(13-3-14-9-27-20(24-2)7-19(14)26-8-13)6-15(10-25-11)28-23(31)22-18-5-12-4-17(12)21(18)29-30-22/h3,6-10,12,17H,4-5H2,1-2H3,(H,24,27)(H,28,31)(H,29,30)/t12-,17-/m1/s1. The summed E-state index contributed by atoms with van der Waals surface area (Å²) in [5, 5.41) is 14.3. The van der Waals surface area contributed by atoms with Crippen LogP contribution in [0.4, 0.5) is 11.5 Å². The number of fused-ring (bicyclic) bond motifs is 4. The zero-order valence-electron chi connectivity index (χ0n) is 17.2. The van der Waals surface area contributed by atoms with Gasteiger partial charge in [0.05, 0.1) is 17.4 Å². The SMILES string of the molecule is CNc1cc2ncc(-c3cc(NC(=O)c4n[nH]c5c4C[C@H]4C[C@@H]54)cnc3C)cc2cn1. The highest BCUT2D eigenvalue weighted by Gasteiger charge is 2.48. The van der Waals surface area contributed by atoms with Gasteiger partial charge in [-0.3, -0.25) is 19.9 Å². The van der Waals surface area contributed by atoms with E-state index in [1.165, 1.54) is 6.42 Å². The summed E-state index contributed by atoms with van der Waals surface area (Å²) in [5.74, 6) is 1.85. The van der Waals surface area contributed by atoms with E-state index in [0.717, 1.165) is 51.2 Å². The lowest BCUT2D eigenvalue weighted by atomic mass is 10.0. The molecule has 3 N–H and O–H groups in total. The number of rotatable bonds is 4. The first-order chi connectivity index (χ1) is 15.1. The summed E-state index contributed by atoms with van der Waals surface area (Å²) >= 11 is 0. The lowest BCUT2D eigenvalue weighted by Crippen LogP contribution is -2.15. The van der Waals surface area contributed by atoms with Crippen LogP contribution in [0.3, 0.4) is 0 Å². The molecule has 0 radical (unpaired) electrons. The van der Waals surface area contributed by atoms with E-state index in [1.54, 1.807) is 12.4 Å². The summed E-state index contributed by atoms with van der Waals surface area (Å²) < 4.78 is 0. The number of carbonyl (C=O) groups is 1. The number of nitrogens with one attached hydrogen (secondary N) is 3. The lowest BCUT2D eigenvalue weighted by molar-refractivity contribution is 0.102. The Labute approximate surface area is 178 Å². The predicted molar refractivity (Wildman–Crippen MR) is 118 cm³/mol. The van der Waals surface area contributed by atoms with E-state index < -0.39 is 0 Å². The van der Waals surface area contributed by atoms with Crippen molar-refractivity contribution in [2.75, 3.05) is 17.7 Å². The van der Waals surface area contributed by atoms with Crippen molar-refractivity contribution in [3.63, 3.8) is 0 Å². The molecule has 2 atom stereocenters. The Morgan fingerprint density at radius 1 is 1.13 bits per heavy atom. The Morgan fingerprint density at radius 2 is 2.03 bits per heavy atom. The van der Waals surface area contributed by atoms with Gasteiger partial charge in [-0.05, 0) is 37.8 Å². The molecule has 2 aliphatic carbocycles. The summed E-state index contributed by atoms with van der Waals surface area (Å²) in [5.41, 5.74) is 6.92. The highest BCUT2D eigenvalue weighted by molar-refractivity contribution is 6.04. The Balaban J connectivity index is 1.30. The molecular weight excluding hydrogens is 390 g/mol. The molecule has 0 unspecified atom stereocenters. The van der Waals surface area contributed by atoms with Crippen LogP contribution in [-0.4, -0.2) is 38.1 Å². The first-order valence-electron chi connectivity index (χ1n) is 10.4. The number of carbonyl (C=O) groups excluding carboxylic acids is 1. The van der Waals surface area contributed by atoms with E-state index in [1.807, 2.05) is 38.4 Å². The molecule has 4 aromatic rings. The number of aromatic amines is 1. The van der Waals surface area contributed by atoms with E-state index in [2.05, 4.69) is 35.8 Å². The minimum atomic E-state index is -0.198. The largest absolute Gasteiger partial charge is 0.373 e. The highest BCUT2D eigenvalue weighted by atomic mass is 16.2. The lowest BCUT2D eigenvalue weighted by Gasteiger charge is -2.10. The topological polar surface area (TPSA) is 108 Å². The maximum Gasteiger partial charge on any atom is 0.276 e. The predicted octanol–water partition coefficient (Wildman–Crippen LogP) is 3.68. The first kappa shape index (κ1) is 18.0. The van der Waals surface area contributed by atoms with Gasteiger partial charge in [0, 0.05) is 64.9 Å². The Morgan fingerprint density at radius 3 is 2.90 bits per heavy atom. The number of amides is 1. The normalized spacial score (nSPS) is 18.5. The van der Waals surface area contributed by atoms with Crippen molar-refractivity contribution in [1.29, 1.82) is 0 Å². The average molecular weight is 411 g/mol. The third-order valence-electron chi connectivity index (χ3n) is 6.35. The summed E-state index contributed by atoms with van der Waals surface area (Å²) in [6.07, 6.45) is 7.46. The molecule has 1 saturated carbocycles. The Kier molecular flexibility index (Phi) is 3.83. The van der Waals surface area contributed by atoms with Crippen LogP contribution in [0.15, 0.2) is 36.8 Å². The first-order valence-corrected chi connectivity index (χ1v) is 10.4. The molecule has 4 aromatic heterocycles. The molecule has 0 saturated heterocycles. The van der Waals surface area contributed by atoms with Gasteiger partial charge < -0.3 is 10.6 Å². The number of aryl methyl sites for hydroxylation is 1. The molecule has 0 aliphatic heterocycles. The zero-order chi connectivity index (χ0) is 21.1. The van der Waals surface area contributed by atoms with Gasteiger partial charge in [-0.25, -0.2) is 4.98 Å². The minimum absolute atomic E-state index is 0.198. The number of aromatic nitrogens is 5. The van der Waals surface area contributed by atoms with Crippen molar-refractivity contribution in [2.24, 2.45) is 5.92 Å². The van der Waals surface area contributed by atoms with Crippen molar-refractivity contribution in [1.82, 2.24) is 25.1 Å². The van der Waals surface area contributed by atoms with Crippen LogP contribution in [0.2, 0.25) is 0 Å². The number of hydrogen-bond acceptors (Lipinski definition) is 6. The van der Waals surface area contributed by atoms with Crippen LogP contribution >= 0.6 is 0 Å². The molecule has 31 heavy (non-hydrogen) atoms. The zero-order valence-corrected chi connectivity index (χ0v) is 17.2. The smallest absolute Gasteiger partial charge is 0.276 e. The molecule has 0 spiro atoms. The van der Waals surface area contributed by atoms with Crippen molar-refractivity contribution >= 4 is 28.3 Å². The number of pyridine rings is 3. The Bertz CT molecular complexity index is 1360. The summed E-state index contributed by atoms with van der Waals surface area (Å²) in [6, 6.07) is 5.88. The van der Waals surface area contributed by atoms with Gasteiger partial charge in [0.1, 0.15) is 5.82 Å². The van der Waals surface area contributed by atoms with Gasteiger partial charge in [0.2, 0.25) is 0 Å². The van der Waals surface area contributed by atoms with Crippen molar-refractivity contribution in [3.8, 4) is 11.1 Å². The van der Waals surface area contributed by atoms with Gasteiger partial charge in [-0.15, -0.1) is 0 Å². The molecule has 0 aromatic carbocycles. The van der Waals surface area contributed by atoms with Gasteiger partial charge in [0.25, 0.3) is 5.91 Å². The summed E-state index contributed by atoms with van der Waals surface area (Å²) in [7, 11) is 1.83. The van der Waals surface area contributed by atoms with Crippen molar-refractivity contribution in [3.05, 3.63) is 59.4 Å². The molecule has 154 valence electrons. The third-order valence-corrected chi connectivity index (χ3v) is 6.35. The Hall–Kier alpha value is -3.81. The van der Waals surface area contributed by atoms with E-state index in [-0.39, 0.29) is 5.91 Å². The number of nitrogens with zero attached hydrogens (tertiary/aromatic N) is 4. The molecule has 1 amide bonds. The minimum Gasteiger partial charge on any atom is -0.373 e. The quantitative estimate of drug-likeness (QED) is 0.473. The van der Waals surface area contributed by atoms with E-state index in [4.69, 9.17) is 0 Å². The van der Waals surface area contributed by atoms with Crippen LogP contribution in [0.5, 0.6) is 0 Å². The van der Waals surface area contributed by atoms with Crippen LogP contribution in [0.1, 0.15) is 39.8 Å². The van der Waals surface area contributed by atoms with E-state index >= 15 is 0 Å². The maximum absolute atomic E-state index is 12.9. The summed E-state index contributed by atoms with van der Waals surface area (Å²) in [4.78, 5) is 26.3. The summed E-state index contributed by atoms with van der Waals surface area (Å²) in [6.45, 7) is 1.94. The van der Waals surface area contributed by atoms with Gasteiger partial charge >= 0.3 is 0 Å². The van der Waals surface area contributed by atoms with Crippen LogP contribution in [-0.2, 0) is 6.42 Å². The fourth-order valence-electron chi connectivity index (χ4n) is 4.56. The van der Waals surface area contributed by atoms with Gasteiger partial charge in [-0.2, -0.15) is 5.10 Å². The molecule has 1 fully saturated rings. The van der Waals surface area contributed by atoms with E-state index in [0.29, 0.717) is 23.2 Å². The monoisotopic (exact) mass is 411 g/mol. The molecular formula is C23H21N7O. The van der Waals surface area contributed by atoms with Gasteiger partial charge in [0.15, 0.2) is 5.69 Å². The second-order valence-electron chi connectivity index (χ2n) is 8.32. The second-order valence-corrected chi connectivity index (χ2v) is 8.32. The number of anilines is 2. The fourth-order valence-corrected chi connectivity index (χ4v) is 4.56. The molecule has 6 rings (SSSR count). The van der Waals surface area contributed by atoms with E-state index in [9.17, 15) is 4.79 Å². The van der Waals surface area contributed by atoms with Crippen LogP contribution < -0.4 is 10.6 Å². The number of H-pyrrole nitrogens is 1. The molecule has 2 aliphatic rings. The maximum atomic E-state index is 12.9. The molecule has 0 bridgehead atoms. The third kappa shape index (κ3) is 2.94. The molecule has 8 nitrogen and oxygen atoms in total. The van der Waals surface area contributed by atoms with Crippen LogP contribution in [0, 0.1) is 12.8 Å². The fraction of sp³-hybridized carbons (Fsp3) is 0.261. The number of hydrogen-bond donors (Lipinski definition) is 3. The van der Waals surface area contributed by atoms with Crippen LogP contribution in [0.25, 0.3) is 22.0 Å². The molecule has 8 heteroatoms. The second kappa shape index (κ2) is 6.60. The van der Waals surface area contributed by atoms with Crippen molar-refractivity contribution < 1.29 is 4.79 Å². The van der Waals surface area contributed by atoms with Crippen molar-refractivity contribution in [2.45, 2.75) is 25.7 Å². The van der Waals surface area contributed by atoms with Gasteiger partial charge in [-0.1, -0.05) is 0 Å². The highest BCUT2D eigenvalue weighted by Crippen LogP contribution is 2.56. The average Bonchev–Trinajstić information content (AvgIpc) is 3.26.